The van der Waals surface area contributed by atoms with Crippen molar-refractivity contribution in [2.24, 2.45) is 0 Å². The van der Waals surface area contributed by atoms with E-state index in [9.17, 15) is 10.1 Å². The van der Waals surface area contributed by atoms with Crippen LogP contribution in [-0.4, -0.2) is 78.2 Å². The van der Waals surface area contributed by atoms with Crippen molar-refractivity contribution >= 4 is 11.8 Å². The van der Waals surface area contributed by atoms with Crippen molar-refractivity contribution in [1.82, 2.24) is 9.80 Å². The third-order valence-electron chi connectivity index (χ3n) is 4.73. The molecule has 3 aliphatic rings. The van der Waals surface area contributed by atoms with E-state index < -0.39 is 0 Å². The molecule has 0 radical (unpaired) electrons. The Kier molecular flexibility index (Phi) is 4.75. The van der Waals surface area contributed by atoms with E-state index in [0.29, 0.717) is 32.1 Å². The minimum Gasteiger partial charge on any atom is -0.379 e. The first kappa shape index (κ1) is 16.2. The minimum atomic E-state index is -0.312. The quantitative estimate of drug-likeness (QED) is 0.565. The minimum absolute atomic E-state index is 0.186. The molecular weight excluding hydrogens is 306 g/mol. The van der Waals surface area contributed by atoms with Gasteiger partial charge in [-0.1, -0.05) is 11.8 Å². The van der Waals surface area contributed by atoms with Crippen LogP contribution >= 0.6 is 11.8 Å². The summed E-state index contributed by atoms with van der Waals surface area (Å²) in [6, 6.07) is -0.200. The molecule has 2 saturated heterocycles. The first-order valence-electron chi connectivity index (χ1n) is 7.73. The predicted molar refractivity (Wildman–Crippen MR) is 84.3 cm³/mol. The van der Waals surface area contributed by atoms with E-state index in [4.69, 9.17) is 9.47 Å². The molecule has 0 spiro atoms. The van der Waals surface area contributed by atoms with E-state index in [1.54, 1.807) is 11.8 Å². The Balaban J connectivity index is 1.93. The lowest BCUT2D eigenvalue weighted by molar-refractivity contribution is -0.435. The summed E-state index contributed by atoms with van der Waals surface area (Å²) in [5, 5.41) is 11.7. The van der Waals surface area contributed by atoms with Crippen molar-refractivity contribution in [2.45, 2.75) is 24.8 Å². The molecule has 2 atom stereocenters. The van der Waals surface area contributed by atoms with Crippen molar-refractivity contribution in [3.05, 3.63) is 20.7 Å². The van der Waals surface area contributed by atoms with Gasteiger partial charge < -0.3 is 9.47 Å². The van der Waals surface area contributed by atoms with E-state index in [0.717, 1.165) is 31.1 Å². The van der Waals surface area contributed by atoms with Gasteiger partial charge in [-0.05, 0) is 13.8 Å². The maximum absolute atomic E-state index is 11.7. The van der Waals surface area contributed by atoms with Crippen LogP contribution < -0.4 is 0 Å². The summed E-state index contributed by atoms with van der Waals surface area (Å²) in [5.74, 6) is 0. The number of hydrogen-bond acceptors (Lipinski definition) is 7. The SMILES string of the molecule is CC1=C([N+](=O)[O-])[C@@H](N2CCOCC2)[C@@](C)(N2CCOCC2)S1. The lowest BCUT2D eigenvalue weighted by Gasteiger charge is -2.47. The molecule has 0 saturated carbocycles. The molecule has 0 aromatic rings. The maximum atomic E-state index is 11.7. The molecule has 3 rings (SSSR count). The van der Waals surface area contributed by atoms with Gasteiger partial charge >= 0.3 is 0 Å². The zero-order valence-electron chi connectivity index (χ0n) is 13.1. The number of hydrogen-bond donors (Lipinski definition) is 0. The van der Waals surface area contributed by atoms with Gasteiger partial charge in [-0.15, -0.1) is 0 Å². The topological polar surface area (TPSA) is 68.1 Å². The Bertz CT molecular complexity index is 475. The zero-order valence-corrected chi connectivity index (χ0v) is 13.9. The number of allylic oxidation sites excluding steroid dienone is 1. The van der Waals surface area contributed by atoms with Gasteiger partial charge in [0.1, 0.15) is 6.04 Å². The number of morpholine rings is 2. The van der Waals surface area contributed by atoms with Crippen LogP contribution in [0.5, 0.6) is 0 Å². The van der Waals surface area contributed by atoms with Crippen LogP contribution in [0.1, 0.15) is 13.8 Å². The standard InChI is InChI=1S/C14H23N3O4S/c1-11-12(17(18)19)13(15-3-7-20-8-4-15)14(2,22-11)16-5-9-21-10-6-16/h13H,3-10H2,1-2H3/t13-,14+/m1/s1. The fourth-order valence-corrected chi connectivity index (χ4v) is 5.28. The van der Waals surface area contributed by atoms with E-state index in [1.165, 1.54) is 0 Å². The number of nitro groups is 1. The van der Waals surface area contributed by atoms with Crippen LogP contribution in [0.15, 0.2) is 10.6 Å². The molecule has 7 nitrogen and oxygen atoms in total. The Morgan fingerprint density at radius 2 is 1.73 bits per heavy atom. The van der Waals surface area contributed by atoms with Crippen LogP contribution in [0.25, 0.3) is 0 Å². The molecule has 0 N–H and O–H groups in total. The largest absolute Gasteiger partial charge is 0.379 e. The van der Waals surface area contributed by atoms with Gasteiger partial charge in [-0.2, -0.15) is 0 Å². The zero-order chi connectivity index (χ0) is 15.7. The predicted octanol–water partition coefficient (Wildman–Crippen LogP) is 0.991. The monoisotopic (exact) mass is 329 g/mol. The van der Waals surface area contributed by atoms with Crippen molar-refractivity contribution in [3.63, 3.8) is 0 Å². The summed E-state index contributed by atoms with van der Waals surface area (Å²) in [6.07, 6.45) is 0. The number of rotatable bonds is 3. The molecule has 3 heterocycles. The van der Waals surface area contributed by atoms with Crippen molar-refractivity contribution in [3.8, 4) is 0 Å². The molecule has 8 heteroatoms. The summed E-state index contributed by atoms with van der Waals surface area (Å²) in [4.78, 5) is 16.6. The summed E-state index contributed by atoms with van der Waals surface area (Å²) in [5.41, 5.74) is 0.362. The van der Waals surface area contributed by atoms with E-state index in [1.807, 2.05) is 6.92 Å². The van der Waals surface area contributed by atoms with Crippen LogP contribution in [0.3, 0.4) is 0 Å². The smallest absolute Gasteiger partial charge is 0.275 e. The summed E-state index contributed by atoms with van der Waals surface area (Å²) >= 11 is 1.64. The van der Waals surface area contributed by atoms with Gasteiger partial charge in [-0.25, -0.2) is 0 Å². The molecule has 0 aromatic carbocycles. The molecule has 0 bridgehead atoms. The van der Waals surface area contributed by atoms with Crippen LogP contribution in [0.4, 0.5) is 0 Å². The Morgan fingerprint density at radius 1 is 1.18 bits per heavy atom. The maximum Gasteiger partial charge on any atom is 0.275 e. The van der Waals surface area contributed by atoms with Gasteiger partial charge in [0.2, 0.25) is 0 Å². The number of nitrogens with zero attached hydrogens (tertiary/aromatic N) is 3. The van der Waals surface area contributed by atoms with Gasteiger partial charge in [0, 0.05) is 26.2 Å². The van der Waals surface area contributed by atoms with E-state index in [-0.39, 0.29) is 15.8 Å². The number of thioether (sulfide) groups is 1. The summed E-state index contributed by atoms with van der Waals surface area (Å²) in [7, 11) is 0. The molecule has 0 amide bonds. The first-order chi connectivity index (χ1) is 10.5. The van der Waals surface area contributed by atoms with Crippen molar-refractivity contribution < 1.29 is 14.4 Å². The van der Waals surface area contributed by atoms with Crippen LogP contribution in [-0.2, 0) is 9.47 Å². The number of ether oxygens (including phenoxy) is 2. The highest BCUT2D eigenvalue weighted by atomic mass is 32.2. The highest BCUT2D eigenvalue weighted by molar-refractivity contribution is 8.04. The highest BCUT2D eigenvalue weighted by Crippen LogP contribution is 2.50. The second-order valence-electron chi connectivity index (χ2n) is 6.01. The molecule has 22 heavy (non-hydrogen) atoms. The normalized spacial score (nSPS) is 35.1. The third-order valence-corrected chi connectivity index (χ3v) is 6.14. The fourth-order valence-electron chi connectivity index (χ4n) is 3.68. The van der Waals surface area contributed by atoms with E-state index >= 15 is 0 Å². The molecule has 3 aliphatic heterocycles. The average Bonchev–Trinajstić information content (AvgIpc) is 2.81. The summed E-state index contributed by atoms with van der Waals surface area (Å²) in [6.45, 7) is 9.83. The lowest BCUT2D eigenvalue weighted by Crippen LogP contribution is -2.62. The van der Waals surface area contributed by atoms with Gasteiger partial charge in [-0.3, -0.25) is 19.9 Å². The lowest BCUT2D eigenvalue weighted by atomic mass is 10.0. The second kappa shape index (κ2) is 6.45. The van der Waals surface area contributed by atoms with Gasteiger partial charge in [0.15, 0.2) is 0 Å². The Labute approximate surface area is 134 Å². The van der Waals surface area contributed by atoms with Crippen molar-refractivity contribution in [1.29, 1.82) is 0 Å². The Morgan fingerprint density at radius 3 is 2.27 bits per heavy atom. The van der Waals surface area contributed by atoms with Gasteiger partial charge in [0.25, 0.3) is 5.70 Å². The van der Waals surface area contributed by atoms with E-state index in [2.05, 4.69) is 16.7 Å². The Hall–Kier alpha value is -0.670. The molecule has 2 fully saturated rings. The molecule has 0 aromatic heterocycles. The van der Waals surface area contributed by atoms with Crippen LogP contribution in [0.2, 0.25) is 0 Å². The van der Waals surface area contributed by atoms with Crippen molar-refractivity contribution in [2.75, 3.05) is 52.6 Å². The first-order valence-corrected chi connectivity index (χ1v) is 8.54. The van der Waals surface area contributed by atoms with Crippen LogP contribution in [0, 0.1) is 10.1 Å². The summed E-state index contributed by atoms with van der Waals surface area (Å²) < 4.78 is 10.9. The second-order valence-corrected chi connectivity index (χ2v) is 7.65. The molecule has 124 valence electrons. The van der Waals surface area contributed by atoms with Gasteiger partial charge in [0.05, 0.1) is 41.1 Å². The average molecular weight is 329 g/mol. The third kappa shape index (κ3) is 2.78. The molecular formula is C14H23N3O4S. The molecule has 0 unspecified atom stereocenters. The highest BCUT2D eigenvalue weighted by Gasteiger charge is 2.56. The fraction of sp³-hybridized carbons (Fsp3) is 0.857. The molecule has 0 aliphatic carbocycles.